The van der Waals surface area contributed by atoms with E-state index >= 15 is 0 Å². The van der Waals surface area contributed by atoms with Gasteiger partial charge >= 0.3 is 6.18 Å². The van der Waals surface area contributed by atoms with Gasteiger partial charge in [0.1, 0.15) is 0 Å². The Morgan fingerprint density at radius 1 is 1.05 bits per heavy atom. The van der Waals surface area contributed by atoms with Gasteiger partial charge in [0.15, 0.2) is 14.8 Å². The van der Waals surface area contributed by atoms with Crippen LogP contribution in [0.1, 0.15) is 27.7 Å². The zero-order chi connectivity index (χ0) is 17.4. The standard InChI is InChI=1S/C13H26Cl2F3NOSi/c1-9(2)10(3,4)12(19(5)6,20-21(7)8)11(14,15)13(16,17)18/h9,21H,1-8H3. The first-order valence-electron chi connectivity index (χ1n) is 6.85. The number of halogens is 5. The molecule has 0 radical (unpaired) electrons. The minimum atomic E-state index is -4.82. The Balaban J connectivity index is 6.47. The van der Waals surface area contributed by atoms with E-state index in [9.17, 15) is 13.2 Å². The van der Waals surface area contributed by atoms with Crippen LogP contribution in [0.5, 0.6) is 0 Å². The number of alkyl halides is 5. The first kappa shape index (κ1) is 21.5. The molecular formula is C13H26Cl2F3NOSi. The van der Waals surface area contributed by atoms with Crippen molar-refractivity contribution in [1.29, 1.82) is 0 Å². The lowest BCUT2D eigenvalue weighted by atomic mass is 9.69. The maximum atomic E-state index is 13.6. The highest BCUT2D eigenvalue weighted by Gasteiger charge is 2.73. The van der Waals surface area contributed by atoms with E-state index in [0.717, 1.165) is 0 Å². The topological polar surface area (TPSA) is 12.5 Å². The second kappa shape index (κ2) is 6.55. The van der Waals surface area contributed by atoms with Crippen LogP contribution in [0.25, 0.3) is 0 Å². The third-order valence-electron chi connectivity index (χ3n) is 4.13. The molecule has 0 aliphatic rings. The van der Waals surface area contributed by atoms with Crippen LogP contribution in [0.3, 0.4) is 0 Å². The van der Waals surface area contributed by atoms with Gasteiger partial charge in [-0.15, -0.1) is 0 Å². The Morgan fingerprint density at radius 2 is 1.43 bits per heavy atom. The van der Waals surface area contributed by atoms with Crippen molar-refractivity contribution in [1.82, 2.24) is 4.90 Å². The van der Waals surface area contributed by atoms with E-state index in [2.05, 4.69) is 0 Å². The Labute approximate surface area is 137 Å². The molecule has 0 amide bonds. The van der Waals surface area contributed by atoms with Gasteiger partial charge in [-0.3, -0.25) is 4.90 Å². The predicted molar refractivity (Wildman–Crippen MR) is 85.5 cm³/mol. The third kappa shape index (κ3) is 3.55. The van der Waals surface area contributed by atoms with E-state index in [1.165, 1.54) is 19.0 Å². The van der Waals surface area contributed by atoms with Gasteiger partial charge in [0.25, 0.3) is 4.33 Å². The van der Waals surface area contributed by atoms with Gasteiger partial charge in [0.05, 0.1) is 0 Å². The largest absolute Gasteiger partial charge is 0.425 e. The Bertz CT molecular complexity index is 360. The van der Waals surface area contributed by atoms with E-state index in [4.69, 9.17) is 27.6 Å². The Morgan fingerprint density at radius 3 is 1.62 bits per heavy atom. The summed E-state index contributed by atoms with van der Waals surface area (Å²) in [6, 6.07) is 0. The van der Waals surface area contributed by atoms with Crippen molar-refractivity contribution in [2.24, 2.45) is 11.3 Å². The maximum Gasteiger partial charge on any atom is 0.425 e. The monoisotopic (exact) mass is 367 g/mol. The summed E-state index contributed by atoms with van der Waals surface area (Å²) in [4.78, 5) is 1.37. The van der Waals surface area contributed by atoms with Crippen LogP contribution in [-0.2, 0) is 4.43 Å². The lowest BCUT2D eigenvalue weighted by Crippen LogP contribution is -2.73. The Kier molecular flexibility index (Phi) is 6.71. The predicted octanol–water partition coefficient (Wildman–Crippen LogP) is 4.66. The van der Waals surface area contributed by atoms with Gasteiger partial charge in [0.2, 0.25) is 0 Å². The molecule has 1 unspecified atom stereocenters. The number of rotatable bonds is 6. The second-order valence-electron chi connectivity index (χ2n) is 6.65. The van der Waals surface area contributed by atoms with Gasteiger partial charge in [-0.2, -0.15) is 13.2 Å². The summed E-state index contributed by atoms with van der Waals surface area (Å²) < 4.78 is 43.6. The molecule has 0 aliphatic carbocycles. The van der Waals surface area contributed by atoms with Gasteiger partial charge in [0, 0.05) is 5.41 Å². The van der Waals surface area contributed by atoms with Gasteiger partial charge in [-0.25, -0.2) is 0 Å². The molecule has 1 atom stereocenters. The van der Waals surface area contributed by atoms with Crippen LogP contribution in [-0.4, -0.2) is 44.3 Å². The quantitative estimate of drug-likeness (QED) is 0.384. The summed E-state index contributed by atoms with van der Waals surface area (Å²) in [5.41, 5.74) is -2.82. The van der Waals surface area contributed by atoms with Gasteiger partial charge in [-0.05, 0) is 33.1 Å². The van der Waals surface area contributed by atoms with Crippen molar-refractivity contribution in [2.75, 3.05) is 14.1 Å². The minimum absolute atomic E-state index is 0.133. The van der Waals surface area contributed by atoms with Crippen molar-refractivity contribution in [3.8, 4) is 0 Å². The van der Waals surface area contributed by atoms with Crippen molar-refractivity contribution >= 4 is 32.2 Å². The highest BCUT2D eigenvalue weighted by molar-refractivity contribution is 6.52. The zero-order valence-corrected chi connectivity index (χ0v) is 16.6. The first-order valence-corrected chi connectivity index (χ1v) is 10.4. The molecule has 0 N–H and O–H groups in total. The van der Waals surface area contributed by atoms with Gasteiger partial charge < -0.3 is 4.43 Å². The number of nitrogens with zero attached hydrogens (tertiary/aromatic N) is 1. The molecule has 0 aromatic heterocycles. The molecule has 21 heavy (non-hydrogen) atoms. The third-order valence-corrected chi connectivity index (χ3v) is 5.89. The highest BCUT2D eigenvalue weighted by atomic mass is 35.5. The van der Waals surface area contributed by atoms with Crippen molar-refractivity contribution in [3.05, 3.63) is 0 Å². The van der Waals surface area contributed by atoms with Crippen LogP contribution < -0.4 is 0 Å². The molecule has 0 rings (SSSR count). The van der Waals surface area contributed by atoms with E-state index in [1.54, 1.807) is 26.9 Å². The van der Waals surface area contributed by atoms with E-state index in [1.807, 2.05) is 13.8 Å². The normalized spacial score (nSPS) is 17.7. The van der Waals surface area contributed by atoms with E-state index in [-0.39, 0.29) is 5.92 Å². The van der Waals surface area contributed by atoms with Crippen LogP contribution in [0.2, 0.25) is 13.1 Å². The van der Waals surface area contributed by atoms with Crippen LogP contribution in [0.4, 0.5) is 13.2 Å². The molecule has 128 valence electrons. The summed E-state index contributed by atoms with van der Waals surface area (Å²) in [7, 11) is 1.17. The summed E-state index contributed by atoms with van der Waals surface area (Å²) in [5.74, 6) is -0.133. The molecule has 0 saturated carbocycles. The molecule has 0 fully saturated rings. The average molecular weight is 368 g/mol. The molecular weight excluding hydrogens is 342 g/mol. The van der Waals surface area contributed by atoms with Crippen molar-refractivity contribution < 1.29 is 17.6 Å². The molecule has 8 heteroatoms. The molecule has 0 spiro atoms. The fourth-order valence-electron chi connectivity index (χ4n) is 2.52. The van der Waals surface area contributed by atoms with E-state index in [0.29, 0.717) is 0 Å². The van der Waals surface area contributed by atoms with Crippen molar-refractivity contribution in [3.63, 3.8) is 0 Å². The molecule has 0 aromatic carbocycles. The molecule has 0 aromatic rings. The molecule has 0 aliphatic heterocycles. The molecule has 2 nitrogen and oxygen atoms in total. The zero-order valence-electron chi connectivity index (χ0n) is 13.9. The summed E-state index contributed by atoms with van der Waals surface area (Å²) in [6.07, 6.45) is -4.82. The summed E-state index contributed by atoms with van der Waals surface area (Å²) in [5, 5.41) is 0. The van der Waals surface area contributed by atoms with Crippen LogP contribution in [0.15, 0.2) is 0 Å². The van der Waals surface area contributed by atoms with Crippen LogP contribution in [0, 0.1) is 11.3 Å². The Hall–Kier alpha value is 0.507. The first-order chi connectivity index (χ1) is 9.05. The highest BCUT2D eigenvalue weighted by Crippen LogP contribution is 2.58. The maximum absolute atomic E-state index is 13.6. The summed E-state index contributed by atoms with van der Waals surface area (Å²) in [6.45, 7) is 10.7. The lowest BCUT2D eigenvalue weighted by molar-refractivity contribution is -0.252. The fraction of sp³-hybridized carbons (Fsp3) is 1.00. The lowest BCUT2D eigenvalue weighted by Gasteiger charge is -2.58. The number of hydrogen-bond acceptors (Lipinski definition) is 2. The van der Waals surface area contributed by atoms with Crippen LogP contribution >= 0.6 is 23.2 Å². The second-order valence-corrected chi connectivity index (χ2v) is 10.3. The smallest absolute Gasteiger partial charge is 0.400 e. The summed E-state index contributed by atoms with van der Waals surface area (Å²) >= 11 is 11.8. The molecule has 0 heterocycles. The number of hydrogen-bond donors (Lipinski definition) is 0. The minimum Gasteiger partial charge on any atom is -0.400 e. The molecule has 0 saturated heterocycles. The molecule has 0 bridgehead atoms. The average Bonchev–Trinajstić information content (AvgIpc) is 2.22. The van der Waals surface area contributed by atoms with Crippen molar-refractivity contribution in [2.45, 2.75) is 57.0 Å². The SMILES string of the molecule is CC(C)C(C)(C)C(O[SiH](C)C)(N(C)C)C(Cl)(Cl)C(F)(F)F. The fourth-order valence-corrected chi connectivity index (χ4v) is 4.95. The van der Waals surface area contributed by atoms with E-state index < -0.39 is 30.7 Å². The van der Waals surface area contributed by atoms with Gasteiger partial charge in [-0.1, -0.05) is 50.9 Å².